The average molecular weight is 253 g/mol. The molecule has 92 valence electrons. The number of rotatable bonds is 2. The second-order valence-corrected chi connectivity index (χ2v) is 6.23. The predicted molar refractivity (Wildman–Crippen MR) is 65.0 cm³/mol. The first-order chi connectivity index (χ1) is 7.98. The molecule has 0 unspecified atom stereocenters. The van der Waals surface area contributed by atoms with E-state index >= 15 is 0 Å². The summed E-state index contributed by atoms with van der Waals surface area (Å²) < 4.78 is 24.8. The van der Waals surface area contributed by atoms with E-state index in [1.54, 1.807) is 0 Å². The maximum atomic E-state index is 11.7. The molecule has 1 aliphatic rings. The number of piperidine rings is 1. The van der Waals surface area contributed by atoms with Gasteiger partial charge in [-0.05, 0) is 5.56 Å². The first-order valence-electron chi connectivity index (χ1n) is 5.52. The third kappa shape index (κ3) is 2.73. The number of hydrogen-bond donors (Lipinski definition) is 0. The highest BCUT2D eigenvalue weighted by Crippen LogP contribution is 2.30. The van der Waals surface area contributed by atoms with Gasteiger partial charge < -0.3 is 0 Å². The van der Waals surface area contributed by atoms with Crippen molar-refractivity contribution in [3.63, 3.8) is 0 Å². The lowest BCUT2D eigenvalue weighted by molar-refractivity contribution is -0.121. The van der Waals surface area contributed by atoms with Gasteiger partial charge in [0.1, 0.15) is 5.78 Å². The molecule has 0 N–H and O–H groups in total. The summed E-state index contributed by atoms with van der Waals surface area (Å²) in [4.78, 5) is 11.5. The molecule has 1 aliphatic heterocycles. The van der Waals surface area contributed by atoms with E-state index in [1.807, 2.05) is 30.3 Å². The van der Waals surface area contributed by atoms with Crippen molar-refractivity contribution in [3.8, 4) is 0 Å². The van der Waals surface area contributed by atoms with Gasteiger partial charge in [0.15, 0.2) is 0 Å². The lowest BCUT2D eigenvalue weighted by atomic mass is 9.97. The van der Waals surface area contributed by atoms with Crippen molar-refractivity contribution in [1.29, 1.82) is 0 Å². The van der Waals surface area contributed by atoms with Crippen molar-refractivity contribution in [3.05, 3.63) is 35.9 Å². The van der Waals surface area contributed by atoms with Crippen molar-refractivity contribution in [2.75, 3.05) is 12.8 Å². The maximum absolute atomic E-state index is 11.7. The number of sulfonamides is 1. The van der Waals surface area contributed by atoms with E-state index in [-0.39, 0.29) is 24.8 Å². The summed E-state index contributed by atoms with van der Waals surface area (Å²) in [5.41, 5.74) is 0.881. The summed E-state index contributed by atoms with van der Waals surface area (Å²) in [6.07, 6.45) is 1.78. The minimum atomic E-state index is -3.27. The van der Waals surface area contributed by atoms with Crippen LogP contribution in [0, 0.1) is 0 Å². The lowest BCUT2D eigenvalue weighted by Gasteiger charge is -2.33. The first kappa shape index (κ1) is 12.3. The van der Waals surface area contributed by atoms with Crippen molar-refractivity contribution < 1.29 is 13.2 Å². The van der Waals surface area contributed by atoms with Crippen LogP contribution < -0.4 is 0 Å². The van der Waals surface area contributed by atoms with Crippen LogP contribution in [0.1, 0.15) is 24.4 Å². The molecule has 0 spiro atoms. The summed E-state index contributed by atoms with van der Waals surface area (Å²) in [6, 6.07) is 8.97. The molecule has 2 rings (SSSR count). The number of nitrogens with zero attached hydrogens (tertiary/aromatic N) is 1. The van der Waals surface area contributed by atoms with Gasteiger partial charge in [0.25, 0.3) is 0 Å². The van der Waals surface area contributed by atoms with Crippen LogP contribution >= 0.6 is 0 Å². The molecular weight excluding hydrogens is 238 g/mol. The van der Waals surface area contributed by atoms with E-state index in [1.165, 1.54) is 10.6 Å². The second-order valence-electron chi connectivity index (χ2n) is 4.29. The number of hydrogen-bond acceptors (Lipinski definition) is 3. The van der Waals surface area contributed by atoms with Crippen molar-refractivity contribution >= 4 is 15.8 Å². The lowest BCUT2D eigenvalue weighted by Crippen LogP contribution is -2.40. The van der Waals surface area contributed by atoms with E-state index in [0.717, 1.165) is 5.56 Å². The fourth-order valence-corrected chi connectivity index (χ4v) is 3.25. The summed E-state index contributed by atoms with van der Waals surface area (Å²) in [5.74, 6) is 0.124. The van der Waals surface area contributed by atoms with Gasteiger partial charge in [-0.2, -0.15) is 4.31 Å². The monoisotopic (exact) mass is 253 g/mol. The maximum Gasteiger partial charge on any atom is 0.211 e. The van der Waals surface area contributed by atoms with Crippen molar-refractivity contribution in [2.45, 2.75) is 18.9 Å². The summed E-state index contributed by atoms with van der Waals surface area (Å²) in [7, 11) is -3.27. The molecule has 5 heteroatoms. The van der Waals surface area contributed by atoms with Crippen LogP contribution in [0.15, 0.2) is 30.3 Å². The molecule has 1 fully saturated rings. The predicted octanol–water partition coefficient (Wildman–Crippen LogP) is 1.35. The van der Waals surface area contributed by atoms with Gasteiger partial charge >= 0.3 is 0 Å². The third-order valence-corrected chi connectivity index (χ3v) is 4.28. The highest BCUT2D eigenvalue weighted by Gasteiger charge is 2.33. The molecule has 1 aromatic rings. The summed E-state index contributed by atoms with van der Waals surface area (Å²) >= 11 is 0. The highest BCUT2D eigenvalue weighted by atomic mass is 32.2. The minimum absolute atomic E-state index is 0.124. The van der Waals surface area contributed by atoms with Crippen LogP contribution in [-0.4, -0.2) is 31.3 Å². The number of ketones is 1. The van der Waals surface area contributed by atoms with Gasteiger partial charge in [-0.25, -0.2) is 8.42 Å². The van der Waals surface area contributed by atoms with E-state index in [4.69, 9.17) is 0 Å². The Kier molecular flexibility index (Phi) is 3.31. The van der Waals surface area contributed by atoms with Crippen LogP contribution in [0.4, 0.5) is 0 Å². The number of Topliss-reactive ketones (excluding diaryl/α,β-unsaturated/α-hetero) is 1. The Morgan fingerprint density at radius 1 is 1.24 bits per heavy atom. The van der Waals surface area contributed by atoms with Crippen molar-refractivity contribution in [1.82, 2.24) is 4.31 Å². The zero-order valence-electron chi connectivity index (χ0n) is 9.67. The molecule has 0 aliphatic carbocycles. The smallest absolute Gasteiger partial charge is 0.211 e. The molecule has 17 heavy (non-hydrogen) atoms. The molecule has 4 nitrogen and oxygen atoms in total. The molecule has 1 aromatic carbocycles. The van der Waals surface area contributed by atoms with Crippen LogP contribution in [0.25, 0.3) is 0 Å². The van der Waals surface area contributed by atoms with Gasteiger partial charge in [-0.15, -0.1) is 0 Å². The largest absolute Gasteiger partial charge is 0.300 e. The minimum Gasteiger partial charge on any atom is -0.300 e. The van der Waals surface area contributed by atoms with E-state index in [2.05, 4.69) is 0 Å². The Morgan fingerprint density at radius 2 is 1.88 bits per heavy atom. The van der Waals surface area contributed by atoms with E-state index in [9.17, 15) is 13.2 Å². The van der Waals surface area contributed by atoms with Gasteiger partial charge in [-0.3, -0.25) is 4.79 Å². The fourth-order valence-electron chi connectivity index (χ4n) is 2.17. The van der Waals surface area contributed by atoms with Crippen LogP contribution in [0.3, 0.4) is 0 Å². The van der Waals surface area contributed by atoms with Crippen molar-refractivity contribution in [2.24, 2.45) is 0 Å². The Labute approximate surface area is 101 Å². The quantitative estimate of drug-likeness (QED) is 0.799. The molecular formula is C12H15NO3S. The van der Waals surface area contributed by atoms with Gasteiger partial charge in [0, 0.05) is 19.4 Å². The molecule has 0 amide bonds. The Morgan fingerprint density at radius 3 is 2.47 bits per heavy atom. The Bertz CT molecular complexity index is 510. The molecule has 0 bridgehead atoms. The Balaban J connectivity index is 2.36. The zero-order chi connectivity index (χ0) is 12.5. The van der Waals surface area contributed by atoms with Gasteiger partial charge in [-0.1, -0.05) is 30.3 Å². The van der Waals surface area contributed by atoms with E-state index in [0.29, 0.717) is 6.42 Å². The van der Waals surface area contributed by atoms with Gasteiger partial charge in [0.2, 0.25) is 10.0 Å². The Hall–Kier alpha value is -1.20. The highest BCUT2D eigenvalue weighted by molar-refractivity contribution is 7.88. The number of carbonyl (C=O) groups excluding carboxylic acids is 1. The molecule has 1 saturated heterocycles. The van der Waals surface area contributed by atoms with Crippen LogP contribution in [0.5, 0.6) is 0 Å². The average Bonchev–Trinajstić information content (AvgIpc) is 2.28. The summed E-state index contributed by atoms with van der Waals surface area (Å²) in [5, 5.41) is 0. The zero-order valence-corrected chi connectivity index (χ0v) is 10.5. The van der Waals surface area contributed by atoms with Crippen LogP contribution in [0.2, 0.25) is 0 Å². The standard InChI is InChI=1S/C12H15NO3S/c1-17(15,16)13-8-7-11(14)9-12(13)10-5-3-2-4-6-10/h2-6,12H,7-9H2,1H3/t12-/m0/s1. The fraction of sp³-hybridized carbons (Fsp3) is 0.417. The molecule has 1 atom stereocenters. The number of carbonyl (C=O) groups is 1. The SMILES string of the molecule is CS(=O)(=O)N1CCC(=O)C[C@H]1c1ccccc1. The van der Waals surface area contributed by atoms with E-state index < -0.39 is 10.0 Å². The first-order valence-corrected chi connectivity index (χ1v) is 7.37. The number of benzene rings is 1. The molecule has 0 saturated carbocycles. The second kappa shape index (κ2) is 4.58. The summed E-state index contributed by atoms with van der Waals surface area (Å²) in [6.45, 7) is 0.289. The van der Waals surface area contributed by atoms with Gasteiger partial charge in [0.05, 0.1) is 12.3 Å². The topological polar surface area (TPSA) is 54.5 Å². The molecule has 1 heterocycles. The molecule has 0 radical (unpaired) electrons. The normalized spacial score (nSPS) is 22.6. The third-order valence-electron chi connectivity index (χ3n) is 2.99. The molecule has 0 aromatic heterocycles. The van der Waals surface area contributed by atoms with Crippen LogP contribution in [-0.2, 0) is 14.8 Å².